The van der Waals surface area contributed by atoms with Crippen LogP contribution < -0.4 is 5.32 Å². The molecule has 0 amide bonds. The lowest BCUT2D eigenvalue weighted by Gasteiger charge is -2.15. The van der Waals surface area contributed by atoms with E-state index in [2.05, 4.69) is 34.3 Å². The second-order valence-electron chi connectivity index (χ2n) is 5.29. The smallest absolute Gasteiger partial charge is 0.228 e. The molecule has 2 heterocycles. The van der Waals surface area contributed by atoms with Crippen molar-refractivity contribution >= 4 is 0 Å². The molecule has 21 heavy (non-hydrogen) atoms. The molecule has 0 aliphatic carbocycles. The van der Waals surface area contributed by atoms with Gasteiger partial charge in [-0.3, -0.25) is 4.98 Å². The Kier molecular flexibility index (Phi) is 6.34. The van der Waals surface area contributed by atoms with E-state index in [4.69, 9.17) is 4.52 Å². The minimum absolute atomic E-state index is 0.418. The van der Waals surface area contributed by atoms with Gasteiger partial charge in [0.25, 0.3) is 0 Å². The minimum Gasteiger partial charge on any atom is -0.339 e. The first-order valence-electron chi connectivity index (χ1n) is 7.75. The third-order valence-corrected chi connectivity index (χ3v) is 3.34. The molecule has 1 unspecified atom stereocenters. The quantitative estimate of drug-likeness (QED) is 0.768. The van der Waals surface area contributed by atoms with E-state index in [1.807, 2.05) is 18.3 Å². The van der Waals surface area contributed by atoms with Crippen molar-refractivity contribution in [3.8, 4) is 0 Å². The van der Waals surface area contributed by atoms with Gasteiger partial charge in [0.15, 0.2) is 5.82 Å². The summed E-state index contributed by atoms with van der Waals surface area (Å²) in [5.41, 5.74) is 1.10. The lowest BCUT2D eigenvalue weighted by molar-refractivity contribution is 0.347. The van der Waals surface area contributed by atoms with Crippen molar-refractivity contribution in [2.45, 2.75) is 52.0 Å². The van der Waals surface area contributed by atoms with Crippen molar-refractivity contribution in [2.75, 3.05) is 6.54 Å². The number of aromatic nitrogens is 3. The predicted molar refractivity (Wildman–Crippen MR) is 82.0 cm³/mol. The van der Waals surface area contributed by atoms with Crippen LogP contribution >= 0.6 is 0 Å². The number of hydrogen-bond acceptors (Lipinski definition) is 5. The molecule has 0 saturated carbocycles. The fraction of sp³-hybridized carbons (Fsp3) is 0.562. The van der Waals surface area contributed by atoms with Crippen LogP contribution in [0.4, 0.5) is 0 Å². The molecular weight excluding hydrogens is 264 g/mol. The standard InChI is InChI=1S/C16H24N4O/c1-3-6-14(18-8-4-2)11-16-19-15(20-21-16)10-13-7-5-9-17-12-13/h5,7,9,12,14,18H,3-4,6,8,10-11H2,1-2H3. The molecular formula is C16H24N4O. The Bertz CT molecular complexity index is 512. The van der Waals surface area contributed by atoms with Gasteiger partial charge in [-0.05, 0) is 31.0 Å². The Morgan fingerprint density at radius 1 is 1.29 bits per heavy atom. The first-order valence-corrected chi connectivity index (χ1v) is 7.75. The van der Waals surface area contributed by atoms with Gasteiger partial charge in [-0.1, -0.05) is 31.5 Å². The van der Waals surface area contributed by atoms with Crippen molar-refractivity contribution in [2.24, 2.45) is 0 Å². The van der Waals surface area contributed by atoms with Crippen LogP contribution in [0.25, 0.3) is 0 Å². The van der Waals surface area contributed by atoms with Crippen LogP contribution in [0.15, 0.2) is 29.0 Å². The van der Waals surface area contributed by atoms with E-state index < -0.39 is 0 Å². The van der Waals surface area contributed by atoms with Crippen LogP contribution in [-0.4, -0.2) is 27.7 Å². The minimum atomic E-state index is 0.418. The summed E-state index contributed by atoms with van der Waals surface area (Å²) in [5.74, 6) is 1.44. The Morgan fingerprint density at radius 3 is 2.90 bits per heavy atom. The normalized spacial score (nSPS) is 12.5. The van der Waals surface area contributed by atoms with E-state index in [0.717, 1.165) is 49.5 Å². The number of pyridine rings is 1. The SMILES string of the molecule is CCCNC(CCC)Cc1nc(Cc2cccnc2)no1. The maximum absolute atomic E-state index is 5.37. The van der Waals surface area contributed by atoms with E-state index in [-0.39, 0.29) is 0 Å². The highest BCUT2D eigenvalue weighted by molar-refractivity contribution is 5.13. The van der Waals surface area contributed by atoms with Gasteiger partial charge in [0.1, 0.15) is 0 Å². The van der Waals surface area contributed by atoms with Crippen molar-refractivity contribution in [3.63, 3.8) is 0 Å². The van der Waals surface area contributed by atoms with Crippen LogP contribution in [0.3, 0.4) is 0 Å². The van der Waals surface area contributed by atoms with Gasteiger partial charge in [0.2, 0.25) is 5.89 Å². The Morgan fingerprint density at radius 2 is 2.19 bits per heavy atom. The Labute approximate surface area is 126 Å². The molecule has 114 valence electrons. The fourth-order valence-corrected chi connectivity index (χ4v) is 2.31. The van der Waals surface area contributed by atoms with E-state index in [0.29, 0.717) is 12.5 Å². The van der Waals surface area contributed by atoms with Gasteiger partial charge < -0.3 is 9.84 Å². The monoisotopic (exact) mass is 288 g/mol. The van der Waals surface area contributed by atoms with E-state index >= 15 is 0 Å². The van der Waals surface area contributed by atoms with Gasteiger partial charge in [-0.15, -0.1) is 0 Å². The number of rotatable bonds is 9. The largest absolute Gasteiger partial charge is 0.339 e. The Balaban J connectivity index is 1.92. The van der Waals surface area contributed by atoms with Crippen LogP contribution in [0, 0.1) is 0 Å². The Hall–Kier alpha value is -1.75. The topological polar surface area (TPSA) is 63.8 Å². The maximum atomic E-state index is 5.37. The van der Waals surface area contributed by atoms with Gasteiger partial charge >= 0.3 is 0 Å². The van der Waals surface area contributed by atoms with Gasteiger partial charge in [-0.25, -0.2) is 0 Å². The number of hydrogen-bond donors (Lipinski definition) is 1. The third kappa shape index (κ3) is 5.27. The van der Waals surface area contributed by atoms with Crippen LogP contribution in [-0.2, 0) is 12.8 Å². The lowest BCUT2D eigenvalue weighted by atomic mass is 10.1. The molecule has 0 spiro atoms. The summed E-state index contributed by atoms with van der Waals surface area (Å²) in [4.78, 5) is 8.59. The van der Waals surface area contributed by atoms with E-state index in [1.54, 1.807) is 6.20 Å². The molecule has 0 saturated heterocycles. The third-order valence-electron chi connectivity index (χ3n) is 3.34. The second-order valence-corrected chi connectivity index (χ2v) is 5.29. The van der Waals surface area contributed by atoms with Gasteiger partial charge in [0.05, 0.1) is 0 Å². The fourth-order valence-electron chi connectivity index (χ4n) is 2.31. The van der Waals surface area contributed by atoms with Crippen LogP contribution in [0.5, 0.6) is 0 Å². The van der Waals surface area contributed by atoms with Crippen molar-refractivity contribution in [3.05, 3.63) is 41.8 Å². The summed E-state index contributed by atoms with van der Waals surface area (Å²) in [6.07, 6.45) is 8.47. The zero-order chi connectivity index (χ0) is 14.9. The van der Waals surface area contributed by atoms with Crippen LogP contribution in [0.2, 0.25) is 0 Å². The molecule has 5 nitrogen and oxygen atoms in total. The molecule has 0 aliphatic rings. The molecule has 0 radical (unpaired) electrons. The molecule has 2 aromatic rings. The van der Waals surface area contributed by atoms with E-state index in [9.17, 15) is 0 Å². The summed E-state index contributed by atoms with van der Waals surface area (Å²) < 4.78 is 5.37. The highest BCUT2D eigenvalue weighted by atomic mass is 16.5. The lowest BCUT2D eigenvalue weighted by Crippen LogP contribution is -2.31. The summed E-state index contributed by atoms with van der Waals surface area (Å²) in [6.45, 7) is 5.40. The summed E-state index contributed by atoms with van der Waals surface area (Å²) >= 11 is 0. The molecule has 0 fully saturated rings. The average molecular weight is 288 g/mol. The van der Waals surface area contributed by atoms with Crippen molar-refractivity contribution in [1.29, 1.82) is 0 Å². The van der Waals surface area contributed by atoms with Crippen LogP contribution in [0.1, 0.15) is 50.4 Å². The zero-order valence-electron chi connectivity index (χ0n) is 12.9. The molecule has 2 rings (SSSR count). The molecule has 0 aromatic carbocycles. The zero-order valence-corrected chi connectivity index (χ0v) is 12.9. The maximum Gasteiger partial charge on any atom is 0.228 e. The molecule has 1 N–H and O–H groups in total. The summed E-state index contributed by atoms with van der Waals surface area (Å²) in [5, 5.41) is 7.60. The molecule has 2 aromatic heterocycles. The van der Waals surface area contributed by atoms with Gasteiger partial charge in [-0.2, -0.15) is 4.98 Å². The van der Waals surface area contributed by atoms with E-state index in [1.165, 1.54) is 0 Å². The molecule has 0 bridgehead atoms. The number of nitrogens with one attached hydrogen (secondary N) is 1. The highest BCUT2D eigenvalue weighted by Crippen LogP contribution is 2.09. The van der Waals surface area contributed by atoms with Gasteiger partial charge in [0, 0.05) is 31.3 Å². The van der Waals surface area contributed by atoms with Crippen molar-refractivity contribution in [1.82, 2.24) is 20.4 Å². The second kappa shape index (κ2) is 8.52. The highest BCUT2D eigenvalue weighted by Gasteiger charge is 2.13. The summed E-state index contributed by atoms with van der Waals surface area (Å²) in [6, 6.07) is 4.36. The first-order chi connectivity index (χ1) is 10.3. The number of nitrogens with zero attached hydrogens (tertiary/aromatic N) is 3. The first kappa shape index (κ1) is 15.6. The molecule has 1 atom stereocenters. The van der Waals surface area contributed by atoms with Crippen molar-refractivity contribution < 1.29 is 4.52 Å². The molecule has 0 aliphatic heterocycles. The molecule has 5 heteroatoms. The average Bonchev–Trinajstić information content (AvgIpc) is 2.93. The summed E-state index contributed by atoms with van der Waals surface area (Å²) in [7, 11) is 0. The predicted octanol–water partition coefficient (Wildman–Crippen LogP) is 2.77.